The molecule has 0 heterocycles. The summed E-state index contributed by atoms with van der Waals surface area (Å²) in [4.78, 5) is 54.9. The summed E-state index contributed by atoms with van der Waals surface area (Å²) < 4.78 is 5.11. The number of amides is 3. The molecule has 3 N–H and O–H groups in total. The quantitative estimate of drug-likeness (QED) is 0.234. The minimum atomic E-state index is -1.18. The first-order chi connectivity index (χ1) is 15.5. The second-order valence-corrected chi connectivity index (χ2v) is 8.80. The summed E-state index contributed by atoms with van der Waals surface area (Å²) >= 11 is 0. The highest BCUT2D eigenvalue weighted by Crippen LogP contribution is 2.06. The van der Waals surface area contributed by atoms with Crippen molar-refractivity contribution < 1.29 is 28.8 Å². The van der Waals surface area contributed by atoms with Gasteiger partial charge in [0.2, 0.25) is 17.7 Å². The molecule has 0 unspecified atom stereocenters. The number of hydrogen-bond donors (Lipinski definition) is 3. The van der Waals surface area contributed by atoms with Gasteiger partial charge in [0.15, 0.2) is 0 Å². The van der Waals surface area contributed by atoms with Crippen LogP contribution in [0, 0.1) is 0 Å². The van der Waals surface area contributed by atoms with Gasteiger partial charge in [0.1, 0.15) is 12.1 Å². The van der Waals surface area contributed by atoms with Crippen molar-refractivity contribution in [2.24, 2.45) is 0 Å². The monoisotopic (exact) mass is 463 g/mol. The molecule has 9 nitrogen and oxygen atoms in total. The lowest BCUT2D eigenvalue weighted by Gasteiger charge is -2.22. The predicted octanol–water partition coefficient (Wildman–Crippen LogP) is 2.19. The molecule has 3 amide bonds. The van der Waals surface area contributed by atoms with Crippen molar-refractivity contribution in [3.05, 3.63) is 35.9 Å². The Morgan fingerprint density at radius 3 is 2.27 bits per heavy atom. The SMILES string of the molecule is CCCCOC(=O)[C@H](C)NC(=O)[C@H](CC(=O)NOC(C)(C)C)NC(=O)CCc1ccccc1. The fourth-order valence-electron chi connectivity index (χ4n) is 2.63. The van der Waals surface area contributed by atoms with Crippen molar-refractivity contribution >= 4 is 23.7 Å². The third kappa shape index (κ3) is 12.6. The number of nitrogens with one attached hydrogen (secondary N) is 3. The molecule has 0 aliphatic heterocycles. The van der Waals surface area contributed by atoms with Gasteiger partial charge in [-0.25, -0.2) is 10.3 Å². The smallest absolute Gasteiger partial charge is 0.328 e. The number of carbonyl (C=O) groups is 4. The van der Waals surface area contributed by atoms with Crippen LogP contribution in [0.2, 0.25) is 0 Å². The van der Waals surface area contributed by atoms with Crippen molar-refractivity contribution in [1.29, 1.82) is 0 Å². The van der Waals surface area contributed by atoms with Crippen LogP contribution >= 0.6 is 0 Å². The summed E-state index contributed by atoms with van der Waals surface area (Å²) in [6.45, 7) is 9.00. The minimum absolute atomic E-state index is 0.141. The molecule has 9 heteroatoms. The summed E-state index contributed by atoms with van der Waals surface area (Å²) in [5.74, 6) is -2.20. The maximum absolute atomic E-state index is 12.8. The normalized spacial score (nSPS) is 12.9. The van der Waals surface area contributed by atoms with E-state index in [0.29, 0.717) is 6.42 Å². The standard InChI is InChI=1S/C24H37N3O6/c1-6-7-15-32-23(31)17(2)25-22(30)19(16-21(29)27-33-24(3,4)5)26-20(28)14-13-18-11-9-8-10-12-18/h8-12,17,19H,6-7,13-16H2,1-5H3,(H,25,30)(H,26,28)(H,27,29)/t17-,19-/m0/s1. The first kappa shape index (κ1) is 28.1. The van der Waals surface area contributed by atoms with Gasteiger partial charge < -0.3 is 15.4 Å². The minimum Gasteiger partial charge on any atom is -0.464 e. The van der Waals surface area contributed by atoms with Gasteiger partial charge in [0.25, 0.3) is 0 Å². The van der Waals surface area contributed by atoms with Gasteiger partial charge in [-0.15, -0.1) is 0 Å². The third-order valence-electron chi connectivity index (χ3n) is 4.45. The number of rotatable bonds is 13. The lowest BCUT2D eigenvalue weighted by Crippen LogP contribution is -2.52. The Kier molecular flexibility index (Phi) is 12.1. The van der Waals surface area contributed by atoms with Crippen LogP contribution < -0.4 is 16.1 Å². The Hall–Kier alpha value is -2.94. The van der Waals surface area contributed by atoms with E-state index in [1.165, 1.54) is 6.92 Å². The molecule has 184 valence electrons. The molecule has 0 aliphatic carbocycles. The predicted molar refractivity (Wildman–Crippen MR) is 124 cm³/mol. The molecule has 0 spiro atoms. The molecule has 0 saturated heterocycles. The number of hydroxylamine groups is 1. The summed E-state index contributed by atoms with van der Waals surface area (Å²) in [5, 5.41) is 5.11. The molecular weight excluding hydrogens is 426 g/mol. The fraction of sp³-hybridized carbons (Fsp3) is 0.583. The average Bonchev–Trinajstić information content (AvgIpc) is 2.76. The van der Waals surface area contributed by atoms with Crippen molar-refractivity contribution in [3.8, 4) is 0 Å². The molecule has 0 aromatic heterocycles. The van der Waals surface area contributed by atoms with E-state index in [4.69, 9.17) is 9.57 Å². The number of esters is 1. The van der Waals surface area contributed by atoms with E-state index < -0.39 is 35.5 Å². The van der Waals surface area contributed by atoms with Gasteiger partial charge in [0.05, 0.1) is 18.6 Å². The number of aryl methyl sites for hydroxylation is 1. The Bertz CT molecular complexity index is 776. The summed E-state index contributed by atoms with van der Waals surface area (Å²) in [6, 6.07) is 7.35. The average molecular weight is 464 g/mol. The van der Waals surface area contributed by atoms with Crippen LogP contribution in [-0.4, -0.2) is 48.0 Å². The Labute approximate surface area is 195 Å². The zero-order valence-corrected chi connectivity index (χ0v) is 20.2. The second-order valence-electron chi connectivity index (χ2n) is 8.80. The summed E-state index contributed by atoms with van der Waals surface area (Å²) in [7, 11) is 0. The number of carbonyl (C=O) groups excluding carboxylic acids is 4. The zero-order valence-electron chi connectivity index (χ0n) is 20.2. The molecule has 0 saturated carbocycles. The highest BCUT2D eigenvalue weighted by molar-refractivity contribution is 5.93. The van der Waals surface area contributed by atoms with Crippen LogP contribution in [-0.2, 0) is 35.2 Å². The molecular formula is C24H37N3O6. The van der Waals surface area contributed by atoms with Crippen LogP contribution in [0.3, 0.4) is 0 Å². The third-order valence-corrected chi connectivity index (χ3v) is 4.45. The number of ether oxygens (including phenoxy) is 1. The highest BCUT2D eigenvalue weighted by Gasteiger charge is 2.27. The maximum atomic E-state index is 12.8. The molecule has 1 aromatic rings. The largest absolute Gasteiger partial charge is 0.464 e. The van der Waals surface area contributed by atoms with Gasteiger partial charge in [-0.2, -0.15) is 0 Å². The molecule has 0 bridgehead atoms. The topological polar surface area (TPSA) is 123 Å². The lowest BCUT2D eigenvalue weighted by molar-refractivity contribution is -0.149. The molecule has 1 aromatic carbocycles. The van der Waals surface area contributed by atoms with Gasteiger partial charge in [0, 0.05) is 6.42 Å². The van der Waals surface area contributed by atoms with Crippen LogP contribution in [0.1, 0.15) is 65.9 Å². The van der Waals surface area contributed by atoms with E-state index >= 15 is 0 Å². The van der Waals surface area contributed by atoms with Crippen molar-refractivity contribution in [3.63, 3.8) is 0 Å². The van der Waals surface area contributed by atoms with E-state index in [1.54, 1.807) is 20.8 Å². The summed E-state index contributed by atoms with van der Waals surface area (Å²) in [5.41, 5.74) is 2.65. The van der Waals surface area contributed by atoms with E-state index in [1.807, 2.05) is 37.3 Å². The fourth-order valence-corrected chi connectivity index (χ4v) is 2.63. The van der Waals surface area contributed by atoms with Crippen molar-refractivity contribution in [1.82, 2.24) is 16.1 Å². The van der Waals surface area contributed by atoms with Gasteiger partial charge in [-0.1, -0.05) is 43.7 Å². The van der Waals surface area contributed by atoms with Gasteiger partial charge >= 0.3 is 5.97 Å². The van der Waals surface area contributed by atoms with E-state index in [-0.39, 0.29) is 25.4 Å². The molecule has 0 radical (unpaired) electrons. The molecule has 0 aliphatic rings. The molecule has 0 fully saturated rings. The zero-order chi connectivity index (χ0) is 24.9. The van der Waals surface area contributed by atoms with E-state index in [0.717, 1.165) is 18.4 Å². The Morgan fingerprint density at radius 2 is 1.67 bits per heavy atom. The van der Waals surface area contributed by atoms with E-state index in [2.05, 4.69) is 16.1 Å². The molecule has 1 rings (SSSR count). The summed E-state index contributed by atoms with van der Waals surface area (Å²) in [6.07, 6.45) is 1.87. The first-order valence-electron chi connectivity index (χ1n) is 11.3. The highest BCUT2D eigenvalue weighted by atomic mass is 16.7. The second kappa shape index (κ2) is 14.3. The maximum Gasteiger partial charge on any atom is 0.328 e. The molecule has 2 atom stereocenters. The van der Waals surface area contributed by atoms with E-state index in [9.17, 15) is 19.2 Å². The molecule has 33 heavy (non-hydrogen) atoms. The van der Waals surface area contributed by atoms with Crippen LogP contribution in [0.4, 0.5) is 0 Å². The van der Waals surface area contributed by atoms with Crippen molar-refractivity contribution in [2.45, 2.75) is 84.4 Å². The van der Waals surface area contributed by atoms with Gasteiger partial charge in [-0.05, 0) is 46.1 Å². The Morgan fingerprint density at radius 1 is 1.00 bits per heavy atom. The lowest BCUT2D eigenvalue weighted by atomic mass is 10.1. The number of benzene rings is 1. The first-order valence-corrected chi connectivity index (χ1v) is 11.3. The van der Waals surface area contributed by atoms with Crippen molar-refractivity contribution in [2.75, 3.05) is 6.61 Å². The number of hydrogen-bond acceptors (Lipinski definition) is 6. The number of unbranched alkanes of at least 4 members (excludes halogenated alkanes) is 1. The van der Waals surface area contributed by atoms with Crippen LogP contribution in [0.5, 0.6) is 0 Å². The van der Waals surface area contributed by atoms with Gasteiger partial charge in [-0.3, -0.25) is 19.2 Å². The Balaban J connectivity index is 2.74. The van der Waals surface area contributed by atoms with Crippen LogP contribution in [0.15, 0.2) is 30.3 Å². The van der Waals surface area contributed by atoms with Crippen LogP contribution in [0.25, 0.3) is 0 Å².